The molecule has 0 bridgehead atoms. The first-order chi connectivity index (χ1) is 13.7. The molecule has 2 heterocycles. The standard InChI is InChI=1S/C20H18N6O2/c1-2-28-20(27)24-16-10-8-15(9-11-16)23-18-12-17(14-6-4-3-5-7-14)25-19-21-13-22-26(18)19/h3-13,23H,2H2,1H3,(H,24,27). The van der Waals surface area contributed by atoms with Crippen molar-refractivity contribution in [1.82, 2.24) is 19.6 Å². The minimum atomic E-state index is -0.478. The summed E-state index contributed by atoms with van der Waals surface area (Å²) in [5.41, 5.74) is 3.26. The zero-order valence-corrected chi connectivity index (χ0v) is 15.2. The smallest absolute Gasteiger partial charge is 0.411 e. The van der Waals surface area contributed by atoms with Crippen molar-refractivity contribution in [3.05, 3.63) is 67.0 Å². The van der Waals surface area contributed by atoms with Gasteiger partial charge in [0.2, 0.25) is 0 Å². The number of hydrogen-bond donors (Lipinski definition) is 2. The number of carbonyl (C=O) groups excluding carboxylic acids is 1. The average molecular weight is 374 g/mol. The van der Waals surface area contributed by atoms with Gasteiger partial charge in [0, 0.05) is 23.0 Å². The van der Waals surface area contributed by atoms with Crippen molar-refractivity contribution in [1.29, 1.82) is 0 Å². The number of fused-ring (bicyclic) bond motifs is 1. The van der Waals surface area contributed by atoms with Gasteiger partial charge in [-0.2, -0.15) is 14.6 Å². The second kappa shape index (κ2) is 7.75. The summed E-state index contributed by atoms with van der Waals surface area (Å²) in [6.45, 7) is 2.08. The molecule has 0 aliphatic heterocycles. The predicted octanol–water partition coefficient (Wildman–Crippen LogP) is 4.10. The second-order valence-corrected chi connectivity index (χ2v) is 5.91. The van der Waals surface area contributed by atoms with Crippen LogP contribution >= 0.6 is 0 Å². The Hall–Kier alpha value is -3.94. The molecule has 2 aromatic heterocycles. The van der Waals surface area contributed by atoms with E-state index in [9.17, 15) is 4.79 Å². The molecule has 0 atom stereocenters. The quantitative estimate of drug-likeness (QED) is 0.546. The van der Waals surface area contributed by atoms with Gasteiger partial charge < -0.3 is 10.1 Å². The minimum Gasteiger partial charge on any atom is -0.450 e. The third-order valence-corrected chi connectivity index (χ3v) is 4.00. The highest BCUT2D eigenvalue weighted by molar-refractivity contribution is 5.85. The molecule has 4 aromatic rings. The molecule has 0 radical (unpaired) electrons. The molecule has 2 N–H and O–H groups in total. The van der Waals surface area contributed by atoms with E-state index in [1.54, 1.807) is 23.6 Å². The lowest BCUT2D eigenvalue weighted by atomic mass is 10.1. The lowest BCUT2D eigenvalue weighted by Gasteiger charge is -2.11. The molecule has 140 valence electrons. The van der Waals surface area contributed by atoms with Crippen LogP contribution in [0.5, 0.6) is 0 Å². The molecule has 8 heteroatoms. The number of hydrogen-bond acceptors (Lipinski definition) is 6. The highest BCUT2D eigenvalue weighted by atomic mass is 16.5. The Morgan fingerprint density at radius 2 is 1.82 bits per heavy atom. The fourth-order valence-corrected chi connectivity index (χ4v) is 2.73. The van der Waals surface area contributed by atoms with Gasteiger partial charge >= 0.3 is 6.09 Å². The number of aromatic nitrogens is 4. The van der Waals surface area contributed by atoms with Crippen molar-refractivity contribution in [2.45, 2.75) is 6.92 Å². The van der Waals surface area contributed by atoms with Crippen molar-refractivity contribution in [3.63, 3.8) is 0 Å². The van der Waals surface area contributed by atoms with Gasteiger partial charge in [-0.1, -0.05) is 30.3 Å². The number of ether oxygens (including phenoxy) is 1. The summed E-state index contributed by atoms with van der Waals surface area (Å²) in [5, 5.41) is 10.2. The third kappa shape index (κ3) is 3.75. The van der Waals surface area contributed by atoms with E-state index in [-0.39, 0.29) is 0 Å². The molecular weight excluding hydrogens is 356 g/mol. The molecule has 0 spiro atoms. The first-order valence-electron chi connectivity index (χ1n) is 8.80. The molecule has 0 fully saturated rings. The Balaban J connectivity index is 1.61. The lowest BCUT2D eigenvalue weighted by Crippen LogP contribution is -2.13. The van der Waals surface area contributed by atoms with Gasteiger partial charge in [-0.05, 0) is 31.2 Å². The van der Waals surface area contributed by atoms with Crippen molar-refractivity contribution in [3.8, 4) is 11.3 Å². The van der Waals surface area contributed by atoms with E-state index in [4.69, 9.17) is 4.74 Å². The van der Waals surface area contributed by atoms with Crippen LogP contribution in [0.4, 0.5) is 22.0 Å². The Kier molecular flexibility index (Phi) is 4.83. The van der Waals surface area contributed by atoms with Crippen LogP contribution in [0.25, 0.3) is 17.0 Å². The summed E-state index contributed by atoms with van der Waals surface area (Å²) in [7, 11) is 0. The highest BCUT2D eigenvalue weighted by Crippen LogP contribution is 2.24. The number of carbonyl (C=O) groups is 1. The second-order valence-electron chi connectivity index (χ2n) is 5.91. The Labute approximate surface area is 161 Å². The van der Waals surface area contributed by atoms with E-state index in [2.05, 4.69) is 25.7 Å². The molecule has 1 amide bonds. The van der Waals surface area contributed by atoms with E-state index in [0.29, 0.717) is 18.1 Å². The van der Waals surface area contributed by atoms with Gasteiger partial charge in [0.05, 0.1) is 12.3 Å². The fourth-order valence-electron chi connectivity index (χ4n) is 2.73. The third-order valence-electron chi connectivity index (χ3n) is 4.00. The van der Waals surface area contributed by atoms with Crippen molar-refractivity contribution < 1.29 is 9.53 Å². The summed E-state index contributed by atoms with van der Waals surface area (Å²) in [6.07, 6.45) is 0.989. The maximum Gasteiger partial charge on any atom is 0.411 e. The van der Waals surface area contributed by atoms with Crippen LogP contribution in [0, 0.1) is 0 Å². The molecular formula is C20H18N6O2. The molecule has 4 rings (SSSR count). The summed E-state index contributed by atoms with van der Waals surface area (Å²) in [5.74, 6) is 1.23. The van der Waals surface area contributed by atoms with Gasteiger partial charge in [0.1, 0.15) is 12.1 Å². The van der Waals surface area contributed by atoms with Crippen molar-refractivity contribution in [2.75, 3.05) is 17.2 Å². The van der Waals surface area contributed by atoms with Crippen molar-refractivity contribution >= 4 is 29.1 Å². The van der Waals surface area contributed by atoms with Crippen LogP contribution in [0.15, 0.2) is 67.0 Å². The molecule has 0 saturated heterocycles. The molecule has 0 aliphatic carbocycles. The molecule has 0 saturated carbocycles. The maximum atomic E-state index is 11.5. The zero-order valence-electron chi connectivity index (χ0n) is 15.2. The molecule has 2 aromatic carbocycles. The van der Waals surface area contributed by atoms with Crippen LogP contribution < -0.4 is 10.6 Å². The first kappa shape index (κ1) is 17.5. The lowest BCUT2D eigenvalue weighted by molar-refractivity contribution is 0.168. The SMILES string of the molecule is CCOC(=O)Nc1ccc(Nc2cc(-c3ccccc3)nc3ncnn23)cc1. The number of nitrogens with one attached hydrogen (secondary N) is 2. The summed E-state index contributed by atoms with van der Waals surface area (Å²) < 4.78 is 6.51. The van der Waals surface area contributed by atoms with Gasteiger partial charge in [-0.15, -0.1) is 0 Å². The van der Waals surface area contributed by atoms with E-state index in [1.807, 2.05) is 48.5 Å². The average Bonchev–Trinajstić information content (AvgIpc) is 3.19. The predicted molar refractivity (Wildman–Crippen MR) is 107 cm³/mol. The molecule has 0 unspecified atom stereocenters. The Morgan fingerprint density at radius 1 is 1.07 bits per heavy atom. The number of rotatable bonds is 5. The van der Waals surface area contributed by atoms with E-state index in [0.717, 1.165) is 22.8 Å². The van der Waals surface area contributed by atoms with Gasteiger partial charge in [-0.25, -0.2) is 9.78 Å². The summed E-state index contributed by atoms with van der Waals surface area (Å²) >= 11 is 0. The Bertz CT molecular complexity index is 1090. The maximum absolute atomic E-state index is 11.5. The topological polar surface area (TPSA) is 93.4 Å². The molecule has 0 aliphatic rings. The highest BCUT2D eigenvalue weighted by Gasteiger charge is 2.10. The van der Waals surface area contributed by atoms with E-state index < -0.39 is 6.09 Å². The van der Waals surface area contributed by atoms with Gasteiger partial charge in [0.25, 0.3) is 5.78 Å². The largest absolute Gasteiger partial charge is 0.450 e. The van der Waals surface area contributed by atoms with Crippen molar-refractivity contribution in [2.24, 2.45) is 0 Å². The number of nitrogens with zero attached hydrogens (tertiary/aromatic N) is 4. The minimum absolute atomic E-state index is 0.325. The van der Waals surface area contributed by atoms with E-state index in [1.165, 1.54) is 6.33 Å². The van der Waals surface area contributed by atoms with Crippen LogP contribution in [-0.4, -0.2) is 32.3 Å². The van der Waals surface area contributed by atoms with Crippen LogP contribution in [-0.2, 0) is 4.74 Å². The van der Waals surface area contributed by atoms with Crippen LogP contribution in [0.1, 0.15) is 6.92 Å². The summed E-state index contributed by atoms with van der Waals surface area (Å²) in [6, 6.07) is 19.1. The summed E-state index contributed by atoms with van der Waals surface area (Å²) in [4.78, 5) is 20.3. The van der Waals surface area contributed by atoms with Crippen LogP contribution in [0.3, 0.4) is 0 Å². The zero-order chi connectivity index (χ0) is 19.3. The molecule has 8 nitrogen and oxygen atoms in total. The monoisotopic (exact) mass is 374 g/mol. The van der Waals surface area contributed by atoms with Gasteiger partial charge in [-0.3, -0.25) is 5.32 Å². The van der Waals surface area contributed by atoms with Gasteiger partial charge in [0.15, 0.2) is 0 Å². The van der Waals surface area contributed by atoms with Crippen LogP contribution in [0.2, 0.25) is 0 Å². The fraction of sp³-hybridized carbons (Fsp3) is 0.100. The van der Waals surface area contributed by atoms with E-state index >= 15 is 0 Å². The first-order valence-corrected chi connectivity index (χ1v) is 8.80. The number of benzene rings is 2. The normalized spacial score (nSPS) is 10.6. The number of amides is 1. The molecule has 28 heavy (non-hydrogen) atoms. The number of anilines is 3. The Morgan fingerprint density at radius 3 is 2.57 bits per heavy atom.